The zero-order valence-electron chi connectivity index (χ0n) is 9.70. The maximum atomic E-state index is 5.22. The molecular formula is C13H13BrN2O. The van der Waals surface area contributed by atoms with E-state index in [1.54, 1.807) is 13.3 Å². The molecule has 0 saturated heterocycles. The lowest BCUT2D eigenvalue weighted by atomic mass is 10.2. The molecule has 2 aromatic rings. The van der Waals surface area contributed by atoms with Gasteiger partial charge in [0.05, 0.1) is 11.6 Å². The number of anilines is 2. The van der Waals surface area contributed by atoms with Gasteiger partial charge >= 0.3 is 0 Å². The Labute approximate surface area is 109 Å². The number of nitrogens with zero attached hydrogens (tertiary/aromatic N) is 1. The maximum absolute atomic E-state index is 5.22. The molecule has 0 aliphatic heterocycles. The lowest BCUT2D eigenvalue weighted by Crippen LogP contribution is -1.95. The molecule has 88 valence electrons. The van der Waals surface area contributed by atoms with Gasteiger partial charge in [0.15, 0.2) is 0 Å². The molecule has 0 bridgehead atoms. The van der Waals surface area contributed by atoms with Crippen molar-refractivity contribution < 1.29 is 4.74 Å². The van der Waals surface area contributed by atoms with E-state index in [1.807, 2.05) is 37.3 Å². The predicted molar refractivity (Wildman–Crippen MR) is 73.0 cm³/mol. The largest absolute Gasteiger partial charge is 0.496 e. The number of benzene rings is 1. The minimum atomic E-state index is 0.803. The van der Waals surface area contributed by atoms with Crippen LogP contribution in [0.2, 0.25) is 0 Å². The van der Waals surface area contributed by atoms with Crippen LogP contribution >= 0.6 is 15.9 Å². The number of halogens is 1. The normalized spacial score (nSPS) is 10.1. The van der Waals surface area contributed by atoms with Crippen LogP contribution in [0.15, 0.2) is 41.0 Å². The van der Waals surface area contributed by atoms with E-state index in [9.17, 15) is 0 Å². The maximum Gasteiger partial charge on any atom is 0.144 e. The highest BCUT2D eigenvalue weighted by atomic mass is 79.9. The van der Waals surface area contributed by atoms with Crippen molar-refractivity contribution in [2.75, 3.05) is 12.4 Å². The fraction of sp³-hybridized carbons (Fsp3) is 0.154. The van der Waals surface area contributed by atoms with Crippen molar-refractivity contribution in [1.29, 1.82) is 0 Å². The van der Waals surface area contributed by atoms with Crippen LogP contribution in [0.25, 0.3) is 0 Å². The van der Waals surface area contributed by atoms with Crippen LogP contribution < -0.4 is 10.1 Å². The zero-order valence-corrected chi connectivity index (χ0v) is 11.3. The number of pyridine rings is 1. The summed E-state index contributed by atoms with van der Waals surface area (Å²) < 4.78 is 6.16. The molecule has 1 N–H and O–H groups in total. The highest BCUT2D eigenvalue weighted by molar-refractivity contribution is 9.10. The molecule has 1 aromatic carbocycles. The van der Waals surface area contributed by atoms with E-state index in [1.165, 1.54) is 0 Å². The summed E-state index contributed by atoms with van der Waals surface area (Å²) in [4.78, 5) is 4.26. The molecule has 2 rings (SSSR count). The molecule has 0 amide bonds. The van der Waals surface area contributed by atoms with Crippen LogP contribution in [-0.4, -0.2) is 12.1 Å². The zero-order chi connectivity index (χ0) is 12.3. The molecule has 0 radical (unpaired) electrons. The smallest absolute Gasteiger partial charge is 0.144 e. The summed E-state index contributed by atoms with van der Waals surface area (Å²) in [6, 6.07) is 9.77. The van der Waals surface area contributed by atoms with Crippen molar-refractivity contribution >= 4 is 27.4 Å². The summed E-state index contributed by atoms with van der Waals surface area (Å²) in [5.74, 6) is 1.69. The van der Waals surface area contributed by atoms with Crippen molar-refractivity contribution in [3.05, 3.63) is 46.6 Å². The highest BCUT2D eigenvalue weighted by Gasteiger charge is 2.03. The molecule has 4 heteroatoms. The fourth-order valence-electron chi connectivity index (χ4n) is 1.57. The Bertz CT molecular complexity index is 529. The third kappa shape index (κ3) is 2.77. The van der Waals surface area contributed by atoms with E-state index in [0.717, 1.165) is 27.3 Å². The average molecular weight is 293 g/mol. The number of methoxy groups -OCH3 is 1. The second kappa shape index (κ2) is 5.19. The number of hydrogen-bond acceptors (Lipinski definition) is 3. The van der Waals surface area contributed by atoms with Gasteiger partial charge in [-0.2, -0.15) is 0 Å². The number of aromatic nitrogens is 1. The molecule has 0 saturated carbocycles. The SMILES string of the molecule is COc1ccc(Nc2ncccc2Br)cc1C. The van der Waals surface area contributed by atoms with Crippen molar-refractivity contribution in [3.63, 3.8) is 0 Å². The van der Waals surface area contributed by atoms with Crippen molar-refractivity contribution in [2.24, 2.45) is 0 Å². The summed E-state index contributed by atoms with van der Waals surface area (Å²) in [7, 11) is 1.67. The van der Waals surface area contributed by atoms with E-state index in [2.05, 4.69) is 26.2 Å². The molecule has 0 unspecified atom stereocenters. The predicted octanol–water partition coefficient (Wildman–Crippen LogP) is 3.90. The summed E-state index contributed by atoms with van der Waals surface area (Å²) in [6.07, 6.45) is 1.75. The third-order valence-corrected chi connectivity index (χ3v) is 3.06. The minimum Gasteiger partial charge on any atom is -0.496 e. The quantitative estimate of drug-likeness (QED) is 0.931. The molecule has 0 spiro atoms. The van der Waals surface area contributed by atoms with Gasteiger partial charge < -0.3 is 10.1 Å². The first-order valence-corrected chi connectivity index (χ1v) is 6.02. The van der Waals surface area contributed by atoms with Crippen molar-refractivity contribution in [3.8, 4) is 5.75 Å². The van der Waals surface area contributed by atoms with Crippen LogP contribution in [0.4, 0.5) is 11.5 Å². The second-order valence-electron chi connectivity index (χ2n) is 3.64. The van der Waals surface area contributed by atoms with Gasteiger partial charge in [0, 0.05) is 11.9 Å². The number of nitrogens with one attached hydrogen (secondary N) is 1. The van der Waals surface area contributed by atoms with Crippen LogP contribution in [-0.2, 0) is 0 Å². The Morgan fingerprint density at radius 1 is 1.29 bits per heavy atom. The Morgan fingerprint density at radius 2 is 2.12 bits per heavy atom. The van der Waals surface area contributed by atoms with Gasteiger partial charge in [0.2, 0.25) is 0 Å². The molecular weight excluding hydrogens is 280 g/mol. The Balaban J connectivity index is 2.25. The Morgan fingerprint density at radius 3 is 2.76 bits per heavy atom. The van der Waals surface area contributed by atoms with Crippen LogP contribution in [0.5, 0.6) is 5.75 Å². The number of aryl methyl sites for hydroxylation is 1. The third-order valence-electron chi connectivity index (χ3n) is 2.42. The first kappa shape index (κ1) is 11.9. The molecule has 0 fully saturated rings. The van der Waals surface area contributed by atoms with E-state index >= 15 is 0 Å². The van der Waals surface area contributed by atoms with Gasteiger partial charge in [-0.05, 0) is 58.7 Å². The van der Waals surface area contributed by atoms with Gasteiger partial charge in [-0.25, -0.2) is 4.98 Å². The van der Waals surface area contributed by atoms with Gasteiger partial charge in [0.25, 0.3) is 0 Å². The summed E-state index contributed by atoms with van der Waals surface area (Å²) in [5.41, 5.74) is 2.08. The van der Waals surface area contributed by atoms with Gasteiger partial charge in [-0.3, -0.25) is 0 Å². The molecule has 0 atom stereocenters. The first-order valence-electron chi connectivity index (χ1n) is 5.23. The molecule has 3 nitrogen and oxygen atoms in total. The van der Waals surface area contributed by atoms with Crippen molar-refractivity contribution in [2.45, 2.75) is 6.92 Å². The van der Waals surface area contributed by atoms with Crippen LogP contribution in [0.1, 0.15) is 5.56 Å². The highest BCUT2D eigenvalue weighted by Crippen LogP contribution is 2.26. The van der Waals surface area contributed by atoms with E-state index in [-0.39, 0.29) is 0 Å². The summed E-state index contributed by atoms with van der Waals surface area (Å²) in [6.45, 7) is 2.01. The Hall–Kier alpha value is -1.55. The topological polar surface area (TPSA) is 34.1 Å². The molecule has 17 heavy (non-hydrogen) atoms. The van der Waals surface area contributed by atoms with E-state index in [0.29, 0.717) is 0 Å². The summed E-state index contributed by atoms with van der Waals surface area (Å²) in [5, 5.41) is 3.25. The molecule has 0 aliphatic rings. The average Bonchev–Trinajstić information content (AvgIpc) is 2.32. The number of hydrogen-bond donors (Lipinski definition) is 1. The molecule has 0 aliphatic carbocycles. The standard InChI is InChI=1S/C13H13BrN2O/c1-9-8-10(5-6-12(9)17-2)16-13-11(14)4-3-7-15-13/h3-8H,1-2H3,(H,15,16). The Kier molecular flexibility index (Phi) is 3.64. The van der Waals surface area contributed by atoms with Crippen LogP contribution in [0, 0.1) is 6.92 Å². The number of rotatable bonds is 3. The van der Waals surface area contributed by atoms with Crippen molar-refractivity contribution in [1.82, 2.24) is 4.98 Å². The minimum absolute atomic E-state index is 0.803. The molecule has 1 aromatic heterocycles. The van der Waals surface area contributed by atoms with Gasteiger partial charge in [-0.15, -0.1) is 0 Å². The van der Waals surface area contributed by atoms with Gasteiger partial charge in [-0.1, -0.05) is 0 Å². The number of ether oxygens (including phenoxy) is 1. The second-order valence-corrected chi connectivity index (χ2v) is 4.50. The van der Waals surface area contributed by atoms with E-state index < -0.39 is 0 Å². The monoisotopic (exact) mass is 292 g/mol. The lowest BCUT2D eigenvalue weighted by Gasteiger charge is -2.10. The fourth-order valence-corrected chi connectivity index (χ4v) is 1.92. The van der Waals surface area contributed by atoms with E-state index in [4.69, 9.17) is 4.74 Å². The van der Waals surface area contributed by atoms with Crippen LogP contribution in [0.3, 0.4) is 0 Å². The first-order chi connectivity index (χ1) is 8.20. The lowest BCUT2D eigenvalue weighted by molar-refractivity contribution is 0.412. The molecule has 1 heterocycles. The summed E-state index contributed by atoms with van der Waals surface area (Å²) >= 11 is 3.45. The van der Waals surface area contributed by atoms with Gasteiger partial charge in [0.1, 0.15) is 11.6 Å².